The van der Waals surface area contributed by atoms with Crippen LogP contribution in [0.5, 0.6) is 0 Å². The van der Waals surface area contributed by atoms with E-state index in [0.29, 0.717) is 0 Å². The van der Waals surface area contributed by atoms with Crippen molar-refractivity contribution < 1.29 is 0 Å². The third-order valence-electron chi connectivity index (χ3n) is 3.39. The van der Waals surface area contributed by atoms with Gasteiger partial charge in [0, 0.05) is 0 Å². The summed E-state index contributed by atoms with van der Waals surface area (Å²) in [5, 5.41) is 8.14. The third kappa shape index (κ3) is 1.32. The monoisotopic (exact) mass is 236 g/mol. The average molecular weight is 236 g/mol. The van der Waals surface area contributed by atoms with Gasteiger partial charge in [-0.25, -0.2) is 0 Å². The normalized spacial score (nSPS) is 11.1. The van der Waals surface area contributed by atoms with Crippen molar-refractivity contribution in [3.63, 3.8) is 0 Å². The molecule has 0 fully saturated rings. The molecule has 17 heavy (non-hydrogen) atoms. The first kappa shape index (κ1) is 10.4. The summed E-state index contributed by atoms with van der Waals surface area (Å²) in [6.07, 6.45) is 0. The van der Waals surface area contributed by atoms with Gasteiger partial charge in [0.05, 0.1) is 0 Å². The summed E-state index contributed by atoms with van der Waals surface area (Å²) in [5.74, 6) is 0. The first-order valence-corrected chi connectivity index (χ1v) is 5.56. The molecule has 0 bridgehead atoms. The van der Waals surface area contributed by atoms with E-state index in [9.17, 15) is 0 Å². The highest BCUT2D eigenvalue weighted by Gasteiger charge is 2.05. The zero-order valence-electron chi connectivity index (χ0n) is 9.27. The standard InChI is InChI=1S/C16H10.H2S/c1-3-11-7-9-13-5-2-6-14-10-8-12(4-1)15(11)16(13)14;/h1-10H;1H2. The van der Waals surface area contributed by atoms with Gasteiger partial charge in [-0.05, 0) is 32.3 Å². The molecule has 0 aliphatic rings. The fourth-order valence-electron chi connectivity index (χ4n) is 2.67. The van der Waals surface area contributed by atoms with Gasteiger partial charge in [-0.1, -0.05) is 60.7 Å². The van der Waals surface area contributed by atoms with E-state index in [-0.39, 0.29) is 13.5 Å². The Kier molecular flexibility index (Phi) is 2.23. The van der Waals surface area contributed by atoms with E-state index in [2.05, 4.69) is 60.7 Å². The molecule has 4 aromatic carbocycles. The lowest BCUT2D eigenvalue weighted by atomic mass is 9.95. The van der Waals surface area contributed by atoms with Gasteiger partial charge in [0.25, 0.3) is 0 Å². The maximum absolute atomic E-state index is 2.21. The molecule has 0 heterocycles. The van der Waals surface area contributed by atoms with E-state index >= 15 is 0 Å². The molecule has 0 spiro atoms. The highest BCUT2D eigenvalue weighted by Crippen LogP contribution is 2.33. The second-order valence-electron chi connectivity index (χ2n) is 4.29. The molecule has 4 rings (SSSR count). The van der Waals surface area contributed by atoms with Crippen LogP contribution in [0.15, 0.2) is 60.7 Å². The van der Waals surface area contributed by atoms with Crippen molar-refractivity contribution >= 4 is 45.8 Å². The van der Waals surface area contributed by atoms with Crippen molar-refractivity contribution in [2.24, 2.45) is 0 Å². The minimum absolute atomic E-state index is 0. The maximum atomic E-state index is 2.21. The lowest BCUT2D eigenvalue weighted by Gasteiger charge is -2.09. The smallest absolute Gasteiger partial charge is 0.00268 e. The van der Waals surface area contributed by atoms with Crippen LogP contribution in [0.2, 0.25) is 0 Å². The molecule has 1 heteroatoms. The van der Waals surface area contributed by atoms with Crippen molar-refractivity contribution in [2.75, 3.05) is 0 Å². The van der Waals surface area contributed by atoms with E-state index in [1.165, 1.54) is 32.3 Å². The fraction of sp³-hybridized carbons (Fsp3) is 0. The third-order valence-corrected chi connectivity index (χ3v) is 3.39. The summed E-state index contributed by atoms with van der Waals surface area (Å²) in [6, 6.07) is 21.9. The van der Waals surface area contributed by atoms with E-state index in [1.807, 2.05) is 0 Å². The molecule has 0 atom stereocenters. The minimum Gasteiger partial charge on any atom is -0.197 e. The van der Waals surface area contributed by atoms with E-state index < -0.39 is 0 Å². The van der Waals surface area contributed by atoms with Crippen LogP contribution >= 0.6 is 13.5 Å². The lowest BCUT2D eigenvalue weighted by Crippen LogP contribution is -1.82. The summed E-state index contributed by atoms with van der Waals surface area (Å²) in [6.45, 7) is 0. The molecule has 0 aliphatic heterocycles. The van der Waals surface area contributed by atoms with Crippen LogP contribution < -0.4 is 0 Å². The first-order chi connectivity index (χ1) is 7.93. The molecule has 0 aromatic heterocycles. The fourth-order valence-corrected chi connectivity index (χ4v) is 2.67. The summed E-state index contributed by atoms with van der Waals surface area (Å²) in [5.41, 5.74) is 0. The molecule has 0 aliphatic carbocycles. The van der Waals surface area contributed by atoms with Crippen LogP contribution in [0.25, 0.3) is 32.3 Å². The number of rotatable bonds is 0. The van der Waals surface area contributed by atoms with E-state index in [4.69, 9.17) is 0 Å². The Morgan fingerprint density at radius 2 is 0.706 bits per heavy atom. The predicted molar refractivity (Wildman–Crippen MR) is 80.5 cm³/mol. The Balaban J connectivity index is 0.000000902. The van der Waals surface area contributed by atoms with Crippen molar-refractivity contribution in [1.29, 1.82) is 0 Å². The molecule has 0 N–H and O–H groups in total. The predicted octanol–water partition coefficient (Wildman–Crippen LogP) is 4.70. The van der Waals surface area contributed by atoms with Gasteiger partial charge in [-0.15, -0.1) is 0 Å². The van der Waals surface area contributed by atoms with Crippen LogP contribution in [-0.2, 0) is 0 Å². The Morgan fingerprint density at radius 3 is 1.00 bits per heavy atom. The highest BCUT2D eigenvalue weighted by atomic mass is 32.1. The molecule has 0 unspecified atom stereocenters. The van der Waals surface area contributed by atoms with Gasteiger partial charge in [-0.2, -0.15) is 13.5 Å². The Bertz CT molecular complexity index is 672. The van der Waals surface area contributed by atoms with Gasteiger partial charge in [-0.3, -0.25) is 0 Å². The number of hydrogen-bond acceptors (Lipinski definition) is 0. The van der Waals surface area contributed by atoms with Crippen molar-refractivity contribution in [1.82, 2.24) is 0 Å². The summed E-state index contributed by atoms with van der Waals surface area (Å²) in [4.78, 5) is 0. The highest BCUT2D eigenvalue weighted by molar-refractivity contribution is 7.59. The van der Waals surface area contributed by atoms with Gasteiger partial charge in [0.2, 0.25) is 0 Å². The average Bonchev–Trinajstić information content (AvgIpc) is 2.36. The molecule has 4 aromatic rings. The van der Waals surface area contributed by atoms with Crippen LogP contribution in [0.1, 0.15) is 0 Å². The van der Waals surface area contributed by atoms with Crippen molar-refractivity contribution in [2.45, 2.75) is 0 Å². The molecule has 0 amide bonds. The molecular weight excluding hydrogens is 224 g/mol. The molecule has 82 valence electrons. The minimum atomic E-state index is 0. The van der Waals surface area contributed by atoms with Gasteiger partial charge in [0.1, 0.15) is 0 Å². The second-order valence-corrected chi connectivity index (χ2v) is 4.29. The van der Waals surface area contributed by atoms with Crippen LogP contribution in [0.3, 0.4) is 0 Å². The number of hydrogen-bond donors (Lipinski definition) is 0. The zero-order valence-corrected chi connectivity index (χ0v) is 10.3. The SMILES string of the molecule is S.c1cc2ccc3cccc4ccc(c1)c2c34. The van der Waals surface area contributed by atoms with Crippen molar-refractivity contribution in [3.8, 4) is 0 Å². The summed E-state index contributed by atoms with van der Waals surface area (Å²) >= 11 is 0. The molecule has 0 saturated heterocycles. The maximum Gasteiger partial charge on any atom is -0.00268 e. The first-order valence-electron chi connectivity index (χ1n) is 5.56. The Morgan fingerprint density at radius 1 is 0.412 bits per heavy atom. The molecule has 0 saturated carbocycles. The van der Waals surface area contributed by atoms with Gasteiger partial charge >= 0.3 is 0 Å². The second kappa shape index (κ2) is 3.64. The summed E-state index contributed by atoms with van der Waals surface area (Å²) < 4.78 is 0. The van der Waals surface area contributed by atoms with E-state index in [1.54, 1.807) is 0 Å². The quantitative estimate of drug-likeness (QED) is 0.388. The van der Waals surface area contributed by atoms with Gasteiger partial charge in [0.15, 0.2) is 0 Å². The van der Waals surface area contributed by atoms with Gasteiger partial charge < -0.3 is 0 Å². The van der Waals surface area contributed by atoms with Crippen LogP contribution in [0.4, 0.5) is 0 Å². The summed E-state index contributed by atoms with van der Waals surface area (Å²) in [7, 11) is 0. The lowest BCUT2D eigenvalue weighted by molar-refractivity contribution is 1.78. The Hall–Kier alpha value is -1.73. The largest absolute Gasteiger partial charge is 0.197 e. The zero-order chi connectivity index (χ0) is 10.5. The van der Waals surface area contributed by atoms with E-state index in [0.717, 1.165) is 0 Å². The molecular formula is C16H12S. The Labute approximate surface area is 107 Å². The van der Waals surface area contributed by atoms with Crippen LogP contribution in [0, 0.1) is 0 Å². The number of benzene rings is 4. The van der Waals surface area contributed by atoms with Crippen LogP contribution in [-0.4, -0.2) is 0 Å². The molecule has 0 nitrogen and oxygen atoms in total. The van der Waals surface area contributed by atoms with Crippen molar-refractivity contribution in [3.05, 3.63) is 60.7 Å². The molecule has 0 radical (unpaired) electrons. The topological polar surface area (TPSA) is 0 Å².